The lowest BCUT2D eigenvalue weighted by molar-refractivity contribution is 0.0962. The first kappa shape index (κ1) is 26.1. The Morgan fingerprint density at radius 3 is 2.62 bits per heavy atom. The van der Waals surface area contributed by atoms with Crippen molar-refractivity contribution >= 4 is 17.4 Å². The number of nitrogens with one attached hydrogen (secondary N) is 1. The monoisotopic (exact) mass is 549 g/mol. The van der Waals surface area contributed by atoms with Crippen LogP contribution in [-0.2, 0) is 4.74 Å². The van der Waals surface area contributed by atoms with E-state index in [1.807, 2.05) is 12.1 Å². The number of carbonyl (C=O) groups is 1. The standard InChI is InChI=1S/C28H29F2N7O3/c1-31-27(38)18-11-20(25(30)23(29)12-18)21-14-33-37-15-22(28(34-26(21)37)40-19-5-10-39-16-19)17-3-4-24(32-13-17)36-8-6-35(2)7-9-36/h3-4,11-15,19H,5-10,16H2,1-2H3,(H,31,38)/t19-/m0/s1. The highest BCUT2D eigenvalue weighted by Crippen LogP contribution is 2.35. The van der Waals surface area contributed by atoms with Gasteiger partial charge in [-0.2, -0.15) is 10.1 Å². The highest BCUT2D eigenvalue weighted by molar-refractivity contribution is 5.96. The van der Waals surface area contributed by atoms with Gasteiger partial charge in [0.25, 0.3) is 5.91 Å². The number of likely N-dealkylation sites (N-methyl/N-ethyl adjacent to an activating group) is 1. The minimum Gasteiger partial charge on any atom is -0.471 e. The molecule has 0 saturated carbocycles. The molecule has 5 heterocycles. The quantitative estimate of drug-likeness (QED) is 0.392. The SMILES string of the molecule is CNC(=O)c1cc(F)c(F)c(-c2cnn3cc(-c4ccc(N5CCN(C)CC5)nc4)c(O[C@H]4CCOC4)nc23)c1. The van der Waals surface area contributed by atoms with E-state index in [9.17, 15) is 13.6 Å². The third-order valence-electron chi connectivity index (χ3n) is 7.32. The summed E-state index contributed by atoms with van der Waals surface area (Å²) in [5.74, 6) is -1.57. The Balaban J connectivity index is 1.42. The Kier molecular flexibility index (Phi) is 7.03. The van der Waals surface area contributed by atoms with Crippen LogP contribution < -0.4 is 15.0 Å². The van der Waals surface area contributed by atoms with Gasteiger partial charge in [-0.05, 0) is 31.3 Å². The fourth-order valence-electron chi connectivity index (χ4n) is 4.97. The van der Waals surface area contributed by atoms with Gasteiger partial charge in [0.05, 0.1) is 25.0 Å². The molecule has 2 aliphatic heterocycles. The summed E-state index contributed by atoms with van der Waals surface area (Å²) in [4.78, 5) is 26.1. The van der Waals surface area contributed by atoms with Crippen molar-refractivity contribution in [3.8, 4) is 28.1 Å². The van der Waals surface area contributed by atoms with Crippen molar-refractivity contribution in [1.82, 2.24) is 29.8 Å². The molecule has 1 aromatic carbocycles. The van der Waals surface area contributed by atoms with Crippen molar-refractivity contribution in [1.29, 1.82) is 0 Å². The number of rotatable bonds is 6. The fourth-order valence-corrected chi connectivity index (χ4v) is 4.97. The van der Waals surface area contributed by atoms with Crippen molar-refractivity contribution < 1.29 is 23.0 Å². The lowest BCUT2D eigenvalue weighted by Gasteiger charge is -2.33. The number of fused-ring (bicyclic) bond motifs is 1. The van der Waals surface area contributed by atoms with Crippen LogP contribution in [0.4, 0.5) is 14.6 Å². The predicted octanol–water partition coefficient (Wildman–Crippen LogP) is 3.02. The molecule has 12 heteroatoms. The second kappa shape index (κ2) is 10.8. The summed E-state index contributed by atoms with van der Waals surface area (Å²) in [7, 11) is 3.53. The van der Waals surface area contributed by atoms with E-state index in [-0.39, 0.29) is 28.4 Å². The highest BCUT2D eigenvalue weighted by Gasteiger charge is 2.24. The van der Waals surface area contributed by atoms with E-state index in [0.717, 1.165) is 43.6 Å². The zero-order chi connectivity index (χ0) is 27.8. The van der Waals surface area contributed by atoms with Crippen LogP contribution in [0.1, 0.15) is 16.8 Å². The predicted molar refractivity (Wildman–Crippen MR) is 145 cm³/mol. The molecule has 1 N–H and O–H groups in total. The van der Waals surface area contributed by atoms with Crippen molar-refractivity contribution in [3.05, 3.63) is 60.1 Å². The topological polar surface area (TPSA) is 97.1 Å². The second-order valence-electron chi connectivity index (χ2n) is 9.98. The zero-order valence-electron chi connectivity index (χ0n) is 22.2. The first-order chi connectivity index (χ1) is 19.4. The molecule has 2 saturated heterocycles. The number of aromatic nitrogens is 4. The number of benzene rings is 1. The first-order valence-corrected chi connectivity index (χ1v) is 13.2. The third kappa shape index (κ3) is 4.95. The molecule has 1 amide bonds. The smallest absolute Gasteiger partial charge is 0.251 e. The summed E-state index contributed by atoms with van der Waals surface area (Å²) in [6.07, 6.45) is 5.41. The summed E-state index contributed by atoms with van der Waals surface area (Å²) in [5.41, 5.74) is 1.77. The molecule has 0 spiro atoms. The summed E-state index contributed by atoms with van der Waals surface area (Å²) < 4.78 is 42.7. The van der Waals surface area contributed by atoms with E-state index >= 15 is 0 Å². The summed E-state index contributed by atoms with van der Waals surface area (Å²) >= 11 is 0. The molecule has 208 valence electrons. The third-order valence-corrected chi connectivity index (χ3v) is 7.32. The maximum atomic E-state index is 15.0. The first-order valence-electron chi connectivity index (χ1n) is 13.2. The number of nitrogens with zero attached hydrogens (tertiary/aromatic N) is 6. The van der Waals surface area contributed by atoms with Gasteiger partial charge in [-0.25, -0.2) is 18.3 Å². The molecule has 0 bridgehead atoms. The fraction of sp³-hybridized carbons (Fsp3) is 0.357. The second-order valence-corrected chi connectivity index (χ2v) is 9.98. The Bertz CT molecular complexity index is 1550. The van der Waals surface area contributed by atoms with E-state index in [1.165, 1.54) is 23.8 Å². The Morgan fingerprint density at radius 1 is 1.10 bits per heavy atom. The number of anilines is 1. The van der Waals surface area contributed by atoms with Crippen LogP contribution in [-0.4, -0.2) is 90.0 Å². The van der Waals surface area contributed by atoms with Crippen LogP contribution in [0.25, 0.3) is 27.9 Å². The van der Waals surface area contributed by atoms with Crippen molar-refractivity contribution in [2.45, 2.75) is 12.5 Å². The molecule has 0 aliphatic carbocycles. The number of piperazine rings is 1. The lowest BCUT2D eigenvalue weighted by atomic mass is 10.0. The Labute approximate surface area is 229 Å². The van der Waals surface area contributed by atoms with Crippen LogP contribution in [0.15, 0.2) is 42.9 Å². The molecule has 10 nitrogen and oxygen atoms in total. The summed E-state index contributed by atoms with van der Waals surface area (Å²) in [5, 5.41) is 6.80. The minimum absolute atomic E-state index is 0.0153. The average molecular weight is 550 g/mol. The van der Waals surface area contributed by atoms with Gasteiger partial charge < -0.3 is 24.6 Å². The zero-order valence-corrected chi connectivity index (χ0v) is 22.2. The Morgan fingerprint density at radius 2 is 1.93 bits per heavy atom. The van der Waals surface area contributed by atoms with E-state index in [4.69, 9.17) is 19.4 Å². The van der Waals surface area contributed by atoms with Crippen LogP contribution in [0, 0.1) is 11.6 Å². The maximum absolute atomic E-state index is 15.0. The van der Waals surface area contributed by atoms with Gasteiger partial charge in [-0.3, -0.25) is 4.79 Å². The van der Waals surface area contributed by atoms with Crippen molar-refractivity contribution in [2.24, 2.45) is 0 Å². The number of hydrogen-bond donors (Lipinski definition) is 1. The molecule has 6 rings (SSSR count). The summed E-state index contributed by atoms with van der Waals surface area (Å²) in [6, 6.07) is 6.09. The van der Waals surface area contributed by atoms with Crippen LogP contribution in [0.2, 0.25) is 0 Å². The molecular weight excluding hydrogens is 520 g/mol. The Hall–Kier alpha value is -4.16. The molecule has 2 fully saturated rings. The van der Waals surface area contributed by atoms with Gasteiger partial charge >= 0.3 is 0 Å². The molecule has 3 aromatic heterocycles. The molecule has 40 heavy (non-hydrogen) atoms. The van der Waals surface area contributed by atoms with Gasteiger partial charge in [0.15, 0.2) is 17.3 Å². The lowest BCUT2D eigenvalue weighted by Crippen LogP contribution is -2.44. The highest BCUT2D eigenvalue weighted by atomic mass is 19.2. The number of carbonyl (C=O) groups excluding carboxylic acids is 1. The van der Waals surface area contributed by atoms with E-state index < -0.39 is 17.5 Å². The van der Waals surface area contributed by atoms with Gasteiger partial charge in [-0.15, -0.1) is 0 Å². The van der Waals surface area contributed by atoms with Gasteiger partial charge in [0, 0.05) is 74.3 Å². The molecule has 2 aliphatic rings. The minimum atomic E-state index is -1.14. The van der Waals surface area contributed by atoms with E-state index in [1.54, 1.807) is 12.4 Å². The van der Waals surface area contributed by atoms with Crippen LogP contribution in [0.3, 0.4) is 0 Å². The number of pyridine rings is 1. The molecular formula is C28H29F2N7O3. The average Bonchev–Trinajstić information content (AvgIpc) is 3.64. The van der Waals surface area contributed by atoms with E-state index in [0.29, 0.717) is 31.1 Å². The van der Waals surface area contributed by atoms with Crippen LogP contribution in [0.5, 0.6) is 5.88 Å². The van der Waals surface area contributed by atoms with Gasteiger partial charge in [-0.1, -0.05) is 0 Å². The number of hydrogen-bond acceptors (Lipinski definition) is 8. The molecule has 0 unspecified atom stereocenters. The maximum Gasteiger partial charge on any atom is 0.251 e. The molecule has 4 aromatic rings. The molecule has 0 radical (unpaired) electrons. The number of ether oxygens (including phenoxy) is 2. The normalized spacial score (nSPS) is 17.9. The molecule has 1 atom stereocenters. The van der Waals surface area contributed by atoms with Crippen molar-refractivity contribution in [2.75, 3.05) is 58.4 Å². The van der Waals surface area contributed by atoms with Gasteiger partial charge in [0.2, 0.25) is 5.88 Å². The van der Waals surface area contributed by atoms with E-state index in [2.05, 4.69) is 27.3 Å². The largest absolute Gasteiger partial charge is 0.471 e. The van der Waals surface area contributed by atoms with Crippen molar-refractivity contribution in [3.63, 3.8) is 0 Å². The van der Waals surface area contributed by atoms with Gasteiger partial charge in [0.1, 0.15) is 11.9 Å². The summed E-state index contributed by atoms with van der Waals surface area (Å²) in [6.45, 7) is 4.76. The number of halogens is 2. The number of amides is 1. The van der Waals surface area contributed by atoms with Crippen LogP contribution >= 0.6 is 0 Å².